The largest absolute Gasteiger partial charge is 0.478 e. The summed E-state index contributed by atoms with van der Waals surface area (Å²) >= 11 is 0. The first-order valence-corrected chi connectivity index (χ1v) is 8.74. The van der Waals surface area contributed by atoms with Gasteiger partial charge >= 0.3 is 5.97 Å². The van der Waals surface area contributed by atoms with Gasteiger partial charge in [0.2, 0.25) is 0 Å². The fourth-order valence-corrected chi connectivity index (χ4v) is 3.59. The first-order valence-electron chi connectivity index (χ1n) is 8.74. The minimum absolute atomic E-state index is 0.0314. The molecule has 6 nitrogen and oxygen atoms in total. The predicted octanol–water partition coefficient (Wildman–Crippen LogP) is 2.51. The molecule has 0 bridgehead atoms. The maximum Gasteiger partial charge on any atom is 0.335 e. The van der Waals surface area contributed by atoms with Crippen LogP contribution in [0.15, 0.2) is 48.7 Å². The number of hydrogen-bond acceptors (Lipinski definition) is 4. The van der Waals surface area contributed by atoms with E-state index in [1.54, 1.807) is 30.5 Å². The van der Waals surface area contributed by atoms with Crippen molar-refractivity contribution in [3.05, 3.63) is 65.5 Å². The van der Waals surface area contributed by atoms with E-state index in [1.165, 1.54) is 0 Å². The Labute approximate surface area is 153 Å². The van der Waals surface area contributed by atoms with Crippen LogP contribution in [0.25, 0.3) is 0 Å². The number of carbonyl (C=O) groups excluding carboxylic acids is 1. The number of hydrogen-bond donors (Lipinski definition) is 1. The Hall–Kier alpha value is -2.73. The SMILES string of the molecule is C[C@@H]1CN(Cc2ccc(C(=O)O)cc2)C[C@H](C)N1C(=O)c1ccccn1. The summed E-state index contributed by atoms with van der Waals surface area (Å²) in [5, 5.41) is 8.99. The van der Waals surface area contributed by atoms with Gasteiger partial charge in [0.25, 0.3) is 5.91 Å². The van der Waals surface area contributed by atoms with Gasteiger partial charge in [-0.05, 0) is 43.7 Å². The summed E-state index contributed by atoms with van der Waals surface area (Å²) in [5.74, 6) is -0.948. The van der Waals surface area contributed by atoms with Gasteiger partial charge in [0.15, 0.2) is 0 Å². The molecule has 2 atom stereocenters. The van der Waals surface area contributed by atoms with E-state index in [9.17, 15) is 9.59 Å². The molecule has 1 saturated heterocycles. The van der Waals surface area contributed by atoms with E-state index < -0.39 is 5.97 Å². The highest BCUT2D eigenvalue weighted by Crippen LogP contribution is 2.20. The molecule has 26 heavy (non-hydrogen) atoms. The minimum atomic E-state index is -0.916. The molecule has 0 aliphatic carbocycles. The lowest BCUT2D eigenvalue weighted by atomic mass is 10.1. The van der Waals surface area contributed by atoms with Crippen molar-refractivity contribution in [1.82, 2.24) is 14.8 Å². The Morgan fingerprint density at radius 3 is 2.27 bits per heavy atom. The molecule has 0 radical (unpaired) electrons. The zero-order valence-electron chi connectivity index (χ0n) is 15.0. The third-order valence-corrected chi connectivity index (χ3v) is 4.72. The molecule has 1 aliphatic rings. The van der Waals surface area contributed by atoms with Crippen LogP contribution in [0.5, 0.6) is 0 Å². The topological polar surface area (TPSA) is 73.7 Å². The Kier molecular flexibility index (Phi) is 5.32. The van der Waals surface area contributed by atoms with Crippen LogP contribution in [0.3, 0.4) is 0 Å². The standard InChI is InChI=1S/C20H23N3O3/c1-14-11-22(13-16-6-8-17(9-7-16)20(25)26)12-15(2)23(14)19(24)18-5-3-4-10-21-18/h3-10,14-15H,11-13H2,1-2H3,(H,25,26)/t14-,15+. The molecule has 0 saturated carbocycles. The molecular weight excluding hydrogens is 330 g/mol. The maximum atomic E-state index is 12.8. The first kappa shape index (κ1) is 18.1. The number of amides is 1. The van der Waals surface area contributed by atoms with E-state index in [2.05, 4.69) is 23.7 Å². The molecule has 136 valence electrons. The lowest BCUT2D eigenvalue weighted by Crippen LogP contribution is -2.58. The Balaban J connectivity index is 1.66. The lowest BCUT2D eigenvalue weighted by Gasteiger charge is -2.44. The number of pyridine rings is 1. The van der Waals surface area contributed by atoms with Crippen molar-refractivity contribution >= 4 is 11.9 Å². The molecule has 1 N–H and O–H groups in total. The van der Waals surface area contributed by atoms with Crippen LogP contribution in [-0.2, 0) is 6.54 Å². The zero-order chi connectivity index (χ0) is 18.7. The molecule has 3 rings (SSSR count). The van der Waals surface area contributed by atoms with Crippen LogP contribution < -0.4 is 0 Å². The number of piperazine rings is 1. The molecular formula is C20H23N3O3. The third-order valence-electron chi connectivity index (χ3n) is 4.72. The highest BCUT2D eigenvalue weighted by molar-refractivity contribution is 5.92. The number of nitrogens with zero attached hydrogens (tertiary/aromatic N) is 3. The fraction of sp³-hybridized carbons (Fsp3) is 0.350. The van der Waals surface area contributed by atoms with Gasteiger partial charge in [-0.1, -0.05) is 18.2 Å². The average Bonchev–Trinajstić information content (AvgIpc) is 2.62. The monoisotopic (exact) mass is 353 g/mol. The zero-order valence-corrected chi connectivity index (χ0v) is 15.0. The van der Waals surface area contributed by atoms with Gasteiger partial charge in [-0.15, -0.1) is 0 Å². The fourth-order valence-electron chi connectivity index (χ4n) is 3.59. The van der Waals surface area contributed by atoms with Crippen molar-refractivity contribution in [2.45, 2.75) is 32.5 Å². The van der Waals surface area contributed by atoms with Gasteiger partial charge in [-0.3, -0.25) is 14.7 Å². The third kappa shape index (κ3) is 3.91. The summed E-state index contributed by atoms with van der Waals surface area (Å²) in [4.78, 5) is 32.1. The summed E-state index contributed by atoms with van der Waals surface area (Å²) < 4.78 is 0. The van der Waals surface area contributed by atoms with Crippen LogP contribution in [0, 0.1) is 0 Å². The van der Waals surface area contributed by atoms with Gasteiger partial charge in [-0.25, -0.2) is 4.79 Å². The van der Waals surface area contributed by atoms with Crippen LogP contribution in [0.4, 0.5) is 0 Å². The van der Waals surface area contributed by atoms with E-state index in [-0.39, 0.29) is 18.0 Å². The van der Waals surface area contributed by atoms with E-state index in [4.69, 9.17) is 5.11 Å². The van der Waals surface area contributed by atoms with Crippen molar-refractivity contribution < 1.29 is 14.7 Å². The van der Waals surface area contributed by atoms with Crippen molar-refractivity contribution in [3.63, 3.8) is 0 Å². The van der Waals surface area contributed by atoms with Crippen molar-refractivity contribution in [2.24, 2.45) is 0 Å². The summed E-state index contributed by atoms with van der Waals surface area (Å²) in [6, 6.07) is 12.5. The van der Waals surface area contributed by atoms with Crippen LogP contribution in [0.1, 0.15) is 40.3 Å². The van der Waals surface area contributed by atoms with Gasteiger partial charge in [0.05, 0.1) is 5.56 Å². The highest BCUT2D eigenvalue weighted by atomic mass is 16.4. The quantitative estimate of drug-likeness (QED) is 0.914. The van der Waals surface area contributed by atoms with Gasteiger partial charge in [-0.2, -0.15) is 0 Å². The van der Waals surface area contributed by atoms with Crippen LogP contribution >= 0.6 is 0 Å². The van der Waals surface area contributed by atoms with E-state index in [0.29, 0.717) is 11.3 Å². The highest BCUT2D eigenvalue weighted by Gasteiger charge is 2.33. The normalized spacial score (nSPS) is 20.8. The first-order chi connectivity index (χ1) is 12.5. The van der Waals surface area contributed by atoms with Crippen LogP contribution in [0.2, 0.25) is 0 Å². The Bertz CT molecular complexity index is 765. The van der Waals surface area contributed by atoms with Gasteiger partial charge in [0.1, 0.15) is 5.69 Å². The Morgan fingerprint density at radius 1 is 1.08 bits per heavy atom. The summed E-state index contributed by atoms with van der Waals surface area (Å²) in [6.07, 6.45) is 1.64. The summed E-state index contributed by atoms with van der Waals surface area (Å²) in [6.45, 7) is 6.38. The maximum absolute atomic E-state index is 12.8. The second kappa shape index (κ2) is 7.66. The second-order valence-corrected chi connectivity index (χ2v) is 6.82. The molecule has 1 fully saturated rings. The molecule has 1 amide bonds. The average molecular weight is 353 g/mol. The molecule has 1 aromatic heterocycles. The van der Waals surface area contributed by atoms with Crippen molar-refractivity contribution in [2.75, 3.05) is 13.1 Å². The number of benzene rings is 1. The minimum Gasteiger partial charge on any atom is -0.478 e. The van der Waals surface area contributed by atoms with E-state index in [1.807, 2.05) is 23.1 Å². The molecule has 2 heterocycles. The Morgan fingerprint density at radius 2 is 1.73 bits per heavy atom. The lowest BCUT2D eigenvalue weighted by molar-refractivity contribution is 0.0263. The smallest absolute Gasteiger partial charge is 0.335 e. The number of carbonyl (C=O) groups is 2. The van der Waals surface area contributed by atoms with Gasteiger partial charge in [0, 0.05) is 37.9 Å². The molecule has 2 aromatic rings. The molecule has 6 heteroatoms. The van der Waals surface area contributed by atoms with Crippen molar-refractivity contribution in [1.29, 1.82) is 0 Å². The van der Waals surface area contributed by atoms with E-state index in [0.717, 1.165) is 25.2 Å². The number of carboxylic acid groups (broad SMARTS) is 1. The predicted molar refractivity (Wildman–Crippen MR) is 98.0 cm³/mol. The molecule has 1 aromatic carbocycles. The van der Waals surface area contributed by atoms with Crippen LogP contribution in [-0.4, -0.2) is 56.9 Å². The summed E-state index contributed by atoms with van der Waals surface area (Å²) in [5.41, 5.74) is 1.84. The van der Waals surface area contributed by atoms with Crippen molar-refractivity contribution in [3.8, 4) is 0 Å². The number of carboxylic acids is 1. The van der Waals surface area contributed by atoms with Gasteiger partial charge < -0.3 is 10.0 Å². The summed E-state index contributed by atoms with van der Waals surface area (Å²) in [7, 11) is 0. The molecule has 1 aliphatic heterocycles. The number of rotatable bonds is 4. The second-order valence-electron chi connectivity index (χ2n) is 6.82. The molecule has 0 unspecified atom stereocenters. The number of aromatic nitrogens is 1. The van der Waals surface area contributed by atoms with E-state index >= 15 is 0 Å². The molecule has 0 spiro atoms. The number of aromatic carboxylic acids is 1.